The Morgan fingerprint density at radius 2 is 1.41 bits per heavy atom. The van der Waals surface area contributed by atoms with Gasteiger partial charge in [-0.2, -0.15) is 0 Å². The summed E-state index contributed by atoms with van der Waals surface area (Å²) in [5.41, 5.74) is 1.59. The summed E-state index contributed by atoms with van der Waals surface area (Å²) >= 11 is 0. The second kappa shape index (κ2) is 12.5. The van der Waals surface area contributed by atoms with E-state index in [-0.39, 0.29) is 11.1 Å². The van der Waals surface area contributed by atoms with E-state index in [0.717, 1.165) is 36.8 Å². The van der Waals surface area contributed by atoms with Gasteiger partial charge in [0, 0.05) is 0 Å². The summed E-state index contributed by atoms with van der Waals surface area (Å²) in [5, 5.41) is 19.0. The smallest absolute Gasteiger partial charge is 0.336 e. The summed E-state index contributed by atoms with van der Waals surface area (Å²) in [6.07, 6.45) is 12.2. The number of unbranched alkanes of at least 4 members (excludes halogenated alkanes) is 8. The van der Waals surface area contributed by atoms with Crippen LogP contribution in [0.15, 0.2) is 12.1 Å². The number of carboxylic acids is 2. The zero-order valence-corrected chi connectivity index (χ0v) is 17.2. The van der Waals surface area contributed by atoms with Gasteiger partial charge in [-0.05, 0) is 42.4 Å². The SMILES string of the molecule is CCCCCCCCCCCc1c(CC(C)C)ccc(C(=O)O)c1C(=O)O. The van der Waals surface area contributed by atoms with Crippen LogP contribution in [0.1, 0.15) is 110 Å². The molecule has 0 spiro atoms. The lowest BCUT2D eigenvalue weighted by Crippen LogP contribution is -2.14. The predicted octanol–water partition coefficient (Wildman–Crippen LogP) is 6.35. The Morgan fingerprint density at radius 1 is 0.852 bits per heavy atom. The van der Waals surface area contributed by atoms with Gasteiger partial charge in [-0.3, -0.25) is 0 Å². The largest absolute Gasteiger partial charge is 0.478 e. The topological polar surface area (TPSA) is 74.6 Å². The van der Waals surface area contributed by atoms with Crippen molar-refractivity contribution >= 4 is 11.9 Å². The van der Waals surface area contributed by atoms with Crippen molar-refractivity contribution < 1.29 is 19.8 Å². The number of benzene rings is 1. The monoisotopic (exact) mass is 376 g/mol. The van der Waals surface area contributed by atoms with E-state index >= 15 is 0 Å². The Morgan fingerprint density at radius 3 is 1.89 bits per heavy atom. The first-order valence-electron chi connectivity index (χ1n) is 10.5. The van der Waals surface area contributed by atoms with Gasteiger partial charge in [-0.25, -0.2) is 9.59 Å². The van der Waals surface area contributed by atoms with Crippen molar-refractivity contribution in [2.24, 2.45) is 5.92 Å². The molecule has 152 valence electrons. The highest BCUT2D eigenvalue weighted by atomic mass is 16.4. The van der Waals surface area contributed by atoms with Crippen molar-refractivity contribution in [3.8, 4) is 0 Å². The van der Waals surface area contributed by atoms with Gasteiger partial charge in [-0.15, -0.1) is 0 Å². The van der Waals surface area contributed by atoms with Crippen LogP contribution >= 0.6 is 0 Å². The van der Waals surface area contributed by atoms with E-state index in [1.165, 1.54) is 44.6 Å². The minimum absolute atomic E-state index is 0.0137. The highest BCUT2D eigenvalue weighted by Crippen LogP contribution is 2.25. The van der Waals surface area contributed by atoms with Gasteiger partial charge in [0.2, 0.25) is 0 Å². The molecule has 4 heteroatoms. The fourth-order valence-electron chi connectivity index (χ4n) is 3.64. The molecule has 0 bridgehead atoms. The maximum absolute atomic E-state index is 11.8. The van der Waals surface area contributed by atoms with Crippen molar-refractivity contribution in [3.05, 3.63) is 34.4 Å². The van der Waals surface area contributed by atoms with Gasteiger partial charge in [0.05, 0.1) is 11.1 Å². The van der Waals surface area contributed by atoms with Gasteiger partial charge in [0.1, 0.15) is 0 Å². The molecule has 0 saturated heterocycles. The summed E-state index contributed by atoms with van der Waals surface area (Å²) in [4.78, 5) is 23.3. The third kappa shape index (κ3) is 8.15. The predicted molar refractivity (Wildman–Crippen MR) is 110 cm³/mol. The van der Waals surface area contributed by atoms with E-state index in [9.17, 15) is 19.8 Å². The maximum Gasteiger partial charge on any atom is 0.336 e. The Kier molecular flexibility index (Phi) is 10.8. The third-order valence-electron chi connectivity index (χ3n) is 5.01. The Hall–Kier alpha value is -1.84. The van der Waals surface area contributed by atoms with E-state index in [0.29, 0.717) is 12.3 Å². The standard InChI is InChI=1S/C23H36O4/c1-4-5-6-7-8-9-10-11-12-13-19-18(16-17(2)3)14-15-20(22(24)25)21(19)23(26)27/h14-15,17H,4-13,16H2,1-3H3,(H,24,25)(H,26,27). The molecule has 1 aromatic rings. The number of carboxylic acid groups (broad SMARTS) is 2. The molecular weight excluding hydrogens is 340 g/mol. The molecule has 0 fully saturated rings. The lowest BCUT2D eigenvalue weighted by molar-refractivity contribution is 0.0650. The first-order valence-corrected chi connectivity index (χ1v) is 10.5. The quantitative estimate of drug-likeness (QED) is 0.371. The Bertz CT molecular complexity index is 605. The first-order chi connectivity index (χ1) is 12.9. The molecule has 0 aliphatic heterocycles. The summed E-state index contributed by atoms with van der Waals surface area (Å²) < 4.78 is 0. The molecule has 0 unspecified atom stereocenters. The molecule has 1 aromatic carbocycles. The summed E-state index contributed by atoms with van der Waals surface area (Å²) in [6, 6.07) is 3.25. The number of carbonyl (C=O) groups is 2. The number of aromatic carboxylic acids is 2. The summed E-state index contributed by atoms with van der Waals surface area (Å²) in [7, 11) is 0. The number of hydrogen-bond acceptors (Lipinski definition) is 2. The molecule has 27 heavy (non-hydrogen) atoms. The van der Waals surface area contributed by atoms with Crippen molar-refractivity contribution in [2.45, 2.75) is 91.4 Å². The van der Waals surface area contributed by atoms with Gasteiger partial charge in [-0.1, -0.05) is 78.2 Å². The van der Waals surface area contributed by atoms with Crippen LogP contribution < -0.4 is 0 Å². The van der Waals surface area contributed by atoms with Crippen LogP contribution in [-0.2, 0) is 12.8 Å². The number of rotatable bonds is 14. The van der Waals surface area contributed by atoms with E-state index in [1.54, 1.807) is 6.07 Å². The molecular formula is C23H36O4. The molecule has 0 aromatic heterocycles. The van der Waals surface area contributed by atoms with Crippen LogP contribution in [0.5, 0.6) is 0 Å². The molecule has 0 aliphatic carbocycles. The highest BCUT2D eigenvalue weighted by molar-refractivity contribution is 6.03. The molecule has 0 atom stereocenters. The van der Waals surface area contributed by atoms with Crippen LogP contribution in [0.4, 0.5) is 0 Å². The van der Waals surface area contributed by atoms with Gasteiger partial charge < -0.3 is 10.2 Å². The minimum Gasteiger partial charge on any atom is -0.478 e. The van der Waals surface area contributed by atoms with Crippen LogP contribution in [0.3, 0.4) is 0 Å². The summed E-state index contributed by atoms with van der Waals surface area (Å²) in [6.45, 7) is 6.40. The van der Waals surface area contributed by atoms with Crippen molar-refractivity contribution in [3.63, 3.8) is 0 Å². The fraction of sp³-hybridized carbons (Fsp3) is 0.652. The van der Waals surface area contributed by atoms with Gasteiger partial charge >= 0.3 is 11.9 Å². The van der Waals surface area contributed by atoms with Crippen LogP contribution in [0.2, 0.25) is 0 Å². The average Bonchev–Trinajstić information content (AvgIpc) is 2.60. The molecule has 0 radical (unpaired) electrons. The van der Waals surface area contributed by atoms with E-state index in [4.69, 9.17) is 0 Å². The molecule has 2 N–H and O–H groups in total. The molecule has 1 rings (SSSR count). The van der Waals surface area contributed by atoms with E-state index in [2.05, 4.69) is 20.8 Å². The normalized spacial score (nSPS) is 11.1. The Balaban J connectivity index is 2.74. The lowest BCUT2D eigenvalue weighted by Gasteiger charge is -2.16. The Labute approximate surface area is 164 Å². The maximum atomic E-state index is 11.8. The van der Waals surface area contributed by atoms with Crippen LogP contribution in [0, 0.1) is 5.92 Å². The first kappa shape index (κ1) is 23.2. The molecule has 4 nitrogen and oxygen atoms in total. The fourth-order valence-corrected chi connectivity index (χ4v) is 3.64. The van der Waals surface area contributed by atoms with Crippen LogP contribution in [-0.4, -0.2) is 22.2 Å². The average molecular weight is 377 g/mol. The van der Waals surface area contributed by atoms with Gasteiger partial charge in [0.25, 0.3) is 0 Å². The van der Waals surface area contributed by atoms with Gasteiger partial charge in [0.15, 0.2) is 0 Å². The zero-order valence-electron chi connectivity index (χ0n) is 17.2. The minimum atomic E-state index is -1.17. The summed E-state index contributed by atoms with van der Waals surface area (Å²) in [5.74, 6) is -1.91. The van der Waals surface area contributed by atoms with Crippen molar-refractivity contribution in [1.82, 2.24) is 0 Å². The van der Waals surface area contributed by atoms with Crippen LogP contribution in [0.25, 0.3) is 0 Å². The lowest BCUT2D eigenvalue weighted by atomic mass is 9.88. The molecule has 0 aliphatic rings. The number of hydrogen-bond donors (Lipinski definition) is 2. The third-order valence-corrected chi connectivity index (χ3v) is 5.01. The highest BCUT2D eigenvalue weighted by Gasteiger charge is 2.22. The zero-order chi connectivity index (χ0) is 20.2. The van der Waals surface area contributed by atoms with Crippen molar-refractivity contribution in [2.75, 3.05) is 0 Å². The molecule has 0 amide bonds. The molecule has 0 saturated carbocycles. The van der Waals surface area contributed by atoms with E-state index in [1.807, 2.05) is 0 Å². The second-order valence-electron chi connectivity index (χ2n) is 7.91. The van der Waals surface area contributed by atoms with E-state index < -0.39 is 11.9 Å². The second-order valence-corrected chi connectivity index (χ2v) is 7.91. The van der Waals surface area contributed by atoms with Crippen molar-refractivity contribution in [1.29, 1.82) is 0 Å². The molecule has 0 heterocycles.